The first-order valence-corrected chi connectivity index (χ1v) is 32.5. The van der Waals surface area contributed by atoms with Gasteiger partial charge in [0.25, 0.3) is 0 Å². The molecule has 0 aliphatic carbocycles. The van der Waals surface area contributed by atoms with Crippen molar-refractivity contribution in [2.75, 3.05) is 67.8 Å². The second-order valence-corrected chi connectivity index (χ2v) is 25.3. The van der Waals surface area contributed by atoms with E-state index in [2.05, 4.69) is 233 Å². The standard InChI is InChI=1S/C16H20N2OS2.C11H18N2OS2.C11H17NO.C11H13N.C6H11N.C5H12.C3H7N3/c1-13(2)14-6-8-15(9-7-14)18-11-19-12-20-21-16-5-3-4-10-17-16;1-10(2)7-12-8-14-9-15-16-11-5-3-4-6-13-11;1-9(2)10-4-6-11(7-5-10)12-8-13-3;1-9(2)10-3-5-11(6-4-10)12-7-8-12;1-6(2)5-7-3-4-7;1-4-5(2)3;1-3(2)5-6-4/h3-10,13,18H,11-12H2,1-2H3;3-6,10,12H,7-9H2,1-2H3;4-7,9,12H,8H2,1-3H3;3-9H,1-2H3;3-4,6H,5H2,1-2H3;5H,4H2,1-3H3;3H,1-2H3. The highest BCUT2D eigenvalue weighted by Crippen LogP contribution is 2.30. The predicted octanol–water partition coefficient (Wildman–Crippen LogP) is 19.1. The summed E-state index contributed by atoms with van der Waals surface area (Å²) < 4.78 is 15.9. The molecule has 3 N–H and O–H groups in total. The van der Waals surface area contributed by atoms with Crippen LogP contribution >= 0.6 is 43.2 Å². The van der Waals surface area contributed by atoms with Gasteiger partial charge in [0, 0.05) is 78.9 Å². The van der Waals surface area contributed by atoms with E-state index in [9.17, 15) is 0 Å². The fraction of sp³-hybridized carbons (Fsp3) is 0.492. The summed E-state index contributed by atoms with van der Waals surface area (Å²) in [6.45, 7) is 36.2. The smallest absolute Gasteiger partial charge is 0.117 e. The minimum Gasteiger partial charge on any atom is -0.365 e. The van der Waals surface area contributed by atoms with Crippen molar-refractivity contribution >= 4 is 60.2 Å². The molecule has 2 aliphatic rings. The molecule has 13 nitrogen and oxygen atoms in total. The monoisotopic (exact) mass is 1170 g/mol. The summed E-state index contributed by atoms with van der Waals surface area (Å²) in [6.07, 6.45) is 13.2. The summed E-state index contributed by atoms with van der Waals surface area (Å²) >= 11 is 0. The lowest BCUT2D eigenvalue weighted by molar-refractivity contribution is 0.159. The van der Waals surface area contributed by atoms with Crippen LogP contribution in [0.1, 0.15) is 145 Å². The number of ether oxygens (including phenoxy) is 3. The van der Waals surface area contributed by atoms with Gasteiger partial charge in [0.2, 0.25) is 0 Å². The van der Waals surface area contributed by atoms with Crippen LogP contribution in [0.4, 0.5) is 17.1 Å². The molecule has 2 aliphatic heterocycles. The van der Waals surface area contributed by atoms with Gasteiger partial charge in [-0.1, -0.05) is 186 Å². The Labute approximate surface area is 499 Å². The van der Waals surface area contributed by atoms with Crippen molar-refractivity contribution in [1.29, 1.82) is 0 Å². The van der Waals surface area contributed by atoms with Crippen molar-refractivity contribution in [2.45, 2.75) is 144 Å². The van der Waals surface area contributed by atoms with Crippen LogP contribution in [-0.2, 0) is 14.2 Å². The molecule has 0 atom stereocenters. The van der Waals surface area contributed by atoms with Crippen molar-refractivity contribution in [3.8, 4) is 0 Å². The minimum atomic E-state index is 0.106. The Morgan fingerprint density at radius 3 is 1.30 bits per heavy atom. The van der Waals surface area contributed by atoms with E-state index in [0.29, 0.717) is 55.7 Å². The van der Waals surface area contributed by atoms with Crippen LogP contribution in [0.25, 0.3) is 10.4 Å². The highest BCUT2D eigenvalue weighted by atomic mass is 33.1. The van der Waals surface area contributed by atoms with Crippen LogP contribution in [0.3, 0.4) is 0 Å². The zero-order valence-electron chi connectivity index (χ0n) is 51.0. The lowest BCUT2D eigenvalue weighted by Gasteiger charge is -2.09. The zero-order chi connectivity index (χ0) is 59.3. The Morgan fingerprint density at radius 2 is 0.988 bits per heavy atom. The molecule has 5 aromatic rings. The van der Waals surface area contributed by atoms with E-state index >= 15 is 0 Å². The zero-order valence-corrected chi connectivity index (χ0v) is 54.3. The number of hydrogen-bond donors (Lipinski definition) is 3. The van der Waals surface area contributed by atoms with Gasteiger partial charge in [0.15, 0.2) is 0 Å². The summed E-state index contributed by atoms with van der Waals surface area (Å²) in [5.41, 5.74) is 15.3. The van der Waals surface area contributed by atoms with Crippen LogP contribution in [0.2, 0.25) is 0 Å². The average Bonchev–Trinajstić information content (AvgIpc) is 4.40. The molecule has 0 saturated carbocycles. The van der Waals surface area contributed by atoms with E-state index in [1.54, 1.807) is 62.7 Å². The van der Waals surface area contributed by atoms with Crippen molar-refractivity contribution in [3.63, 3.8) is 0 Å². The Morgan fingerprint density at radius 1 is 0.550 bits per heavy atom. The molecule has 7 rings (SSSR count). The molecule has 17 heteroatoms. The fourth-order valence-electron chi connectivity index (χ4n) is 5.72. The number of nitrogens with zero attached hydrogens (tertiary/aromatic N) is 7. The number of benzene rings is 3. The highest BCUT2D eigenvalue weighted by molar-refractivity contribution is 8.76. The third-order valence-corrected chi connectivity index (χ3v) is 14.6. The first-order valence-electron chi connectivity index (χ1n) is 27.9. The molecule has 0 saturated heterocycles. The number of pyridine rings is 2. The Bertz CT molecular complexity index is 2300. The van der Waals surface area contributed by atoms with Crippen LogP contribution in [0.15, 0.2) is 162 Å². The second kappa shape index (κ2) is 46.8. The number of methoxy groups -OCH3 is 1. The Balaban J connectivity index is 0.000000490. The lowest BCUT2D eigenvalue weighted by Crippen LogP contribution is -2.22. The molecule has 80 heavy (non-hydrogen) atoms. The first kappa shape index (κ1) is 73.2. The van der Waals surface area contributed by atoms with E-state index in [1.807, 2.05) is 50.2 Å². The van der Waals surface area contributed by atoms with Crippen molar-refractivity contribution < 1.29 is 14.2 Å². The molecular formula is C63H98N10O3S4. The topological polar surface area (TPSA) is 144 Å². The van der Waals surface area contributed by atoms with Crippen LogP contribution < -0.4 is 20.9 Å². The molecule has 3 aromatic carbocycles. The lowest BCUT2D eigenvalue weighted by atomic mass is 10.0. The summed E-state index contributed by atoms with van der Waals surface area (Å²) in [6, 6.07) is 37.5. The van der Waals surface area contributed by atoms with Gasteiger partial charge in [0.05, 0.1) is 6.73 Å². The van der Waals surface area contributed by atoms with Crippen LogP contribution in [-0.4, -0.2) is 73.2 Å². The van der Waals surface area contributed by atoms with Crippen molar-refractivity contribution in [1.82, 2.24) is 20.2 Å². The normalized spacial score (nSPS) is 11.4. The number of nitrogens with one attached hydrogen (secondary N) is 3. The molecule has 0 bridgehead atoms. The maximum Gasteiger partial charge on any atom is 0.117 e. The summed E-state index contributed by atoms with van der Waals surface area (Å²) in [5.74, 6) is 5.43. The minimum absolute atomic E-state index is 0.106. The number of hydrogen-bond acceptors (Lipinski definition) is 15. The van der Waals surface area contributed by atoms with Crippen molar-refractivity contribution in [2.24, 2.45) is 22.9 Å². The molecule has 2 aromatic heterocycles. The largest absolute Gasteiger partial charge is 0.365 e. The van der Waals surface area contributed by atoms with Gasteiger partial charge >= 0.3 is 0 Å². The summed E-state index contributed by atoms with van der Waals surface area (Å²) in [5, 5.41) is 14.9. The average molecular weight is 1170 g/mol. The molecule has 0 amide bonds. The van der Waals surface area contributed by atoms with E-state index in [4.69, 9.17) is 19.7 Å². The van der Waals surface area contributed by atoms with Gasteiger partial charge in [-0.05, 0) is 147 Å². The highest BCUT2D eigenvalue weighted by Gasteiger charge is 2.09. The SMILES string of the molecule is CC(C)CN1C=C1.CC(C)CNCOCSSc1ccccn1.CC(C)N=[N+]=[N-].CC(C)c1ccc(N2C=C2)cc1.CC(C)c1ccc(NCOCSSc2ccccn2)cc1.CCC(C)C.COCNc1ccc(C(C)C)cc1. The van der Waals surface area contributed by atoms with E-state index in [-0.39, 0.29) is 6.04 Å². The fourth-order valence-corrected chi connectivity index (χ4v) is 8.85. The molecule has 0 fully saturated rings. The Kier molecular flexibility index (Phi) is 42.8. The second-order valence-electron chi connectivity index (χ2n) is 20.8. The van der Waals surface area contributed by atoms with Gasteiger partial charge in [-0.15, -0.1) is 0 Å². The van der Waals surface area contributed by atoms with E-state index in [1.165, 1.54) is 35.3 Å². The molecule has 4 heterocycles. The Hall–Kier alpha value is -4.81. The summed E-state index contributed by atoms with van der Waals surface area (Å²) in [4.78, 5) is 15.3. The van der Waals surface area contributed by atoms with Crippen LogP contribution in [0, 0.1) is 17.8 Å². The van der Waals surface area contributed by atoms with Gasteiger partial charge in [0.1, 0.15) is 35.4 Å². The first-order chi connectivity index (χ1) is 38.4. The van der Waals surface area contributed by atoms with Gasteiger partial charge in [-0.25, -0.2) is 9.97 Å². The predicted molar refractivity (Wildman–Crippen MR) is 352 cm³/mol. The molecule has 442 valence electrons. The van der Waals surface area contributed by atoms with E-state index < -0.39 is 0 Å². The number of aromatic nitrogens is 2. The van der Waals surface area contributed by atoms with Gasteiger partial charge < -0.3 is 34.6 Å². The number of rotatable bonds is 26. The number of azide groups is 1. The third-order valence-electron chi connectivity index (χ3n) is 10.7. The van der Waals surface area contributed by atoms with Gasteiger partial charge in [-0.3, -0.25) is 5.32 Å². The maximum atomic E-state index is 7.70. The molecular weight excluding hydrogens is 1070 g/mol. The molecule has 0 unspecified atom stereocenters. The number of anilines is 3. The third kappa shape index (κ3) is 42.1. The molecule has 0 spiro atoms. The summed E-state index contributed by atoms with van der Waals surface area (Å²) in [7, 11) is 8.24. The van der Waals surface area contributed by atoms with Gasteiger partial charge in [-0.2, -0.15) is 0 Å². The molecule has 0 radical (unpaired) electrons. The maximum absolute atomic E-state index is 7.70. The quantitative estimate of drug-likeness (QED) is 0.0121. The van der Waals surface area contributed by atoms with Crippen molar-refractivity contribution in [3.05, 3.63) is 174 Å². The van der Waals surface area contributed by atoms with Crippen LogP contribution in [0.5, 0.6) is 0 Å². The van der Waals surface area contributed by atoms with E-state index in [0.717, 1.165) is 39.8 Å².